The number of carbonyl (C=O) groups excluding carboxylic acids is 1. The predicted molar refractivity (Wildman–Crippen MR) is 116 cm³/mol. The smallest absolute Gasteiger partial charge is 0.227 e. The molecule has 0 aliphatic heterocycles. The average molecular weight is 415 g/mol. The van der Waals surface area contributed by atoms with Crippen LogP contribution in [-0.2, 0) is 10.5 Å². The molecule has 0 saturated carbocycles. The Hall–Kier alpha value is -2.31. The van der Waals surface area contributed by atoms with E-state index in [1.54, 1.807) is 39.9 Å². The highest BCUT2D eigenvalue weighted by atomic mass is 35.5. The molecule has 0 N–H and O–H groups in total. The van der Waals surface area contributed by atoms with Crippen molar-refractivity contribution in [2.75, 3.05) is 17.2 Å². The summed E-state index contributed by atoms with van der Waals surface area (Å²) in [5, 5.41) is 4.63. The molecule has 0 atom stereocenters. The minimum absolute atomic E-state index is 0.0477. The third-order valence-corrected chi connectivity index (χ3v) is 5.62. The van der Waals surface area contributed by atoms with Crippen LogP contribution in [-0.4, -0.2) is 33.0 Å². The van der Waals surface area contributed by atoms with Crippen molar-refractivity contribution in [1.82, 2.24) is 14.8 Å². The van der Waals surface area contributed by atoms with Crippen molar-refractivity contribution >= 4 is 35.0 Å². The second-order valence-corrected chi connectivity index (χ2v) is 7.85. The van der Waals surface area contributed by atoms with E-state index in [1.165, 1.54) is 11.1 Å². The molecule has 2 heterocycles. The highest BCUT2D eigenvalue weighted by molar-refractivity contribution is 7.98. The summed E-state index contributed by atoms with van der Waals surface area (Å²) in [6.07, 6.45) is 5.64. The monoisotopic (exact) mass is 414 g/mol. The van der Waals surface area contributed by atoms with E-state index in [0.29, 0.717) is 23.8 Å². The SMILES string of the molecule is CCN(C(=O)CCSCc1ccc(C)cc1)c1cn(-c2cccnc2)nc1Cl. The van der Waals surface area contributed by atoms with Crippen LogP contribution >= 0.6 is 23.4 Å². The van der Waals surface area contributed by atoms with Crippen molar-refractivity contribution in [2.45, 2.75) is 26.0 Å². The van der Waals surface area contributed by atoms with Gasteiger partial charge in [0.05, 0.1) is 18.1 Å². The highest BCUT2D eigenvalue weighted by Gasteiger charge is 2.20. The van der Waals surface area contributed by atoms with Crippen molar-refractivity contribution in [3.8, 4) is 5.69 Å². The largest absolute Gasteiger partial charge is 0.308 e. The van der Waals surface area contributed by atoms with Crippen molar-refractivity contribution in [3.63, 3.8) is 0 Å². The Balaban J connectivity index is 1.59. The normalized spacial score (nSPS) is 10.8. The second kappa shape index (κ2) is 9.75. The highest BCUT2D eigenvalue weighted by Crippen LogP contribution is 2.27. The maximum absolute atomic E-state index is 12.7. The van der Waals surface area contributed by atoms with Gasteiger partial charge in [-0.2, -0.15) is 16.9 Å². The number of aryl methyl sites for hydroxylation is 1. The van der Waals surface area contributed by atoms with E-state index in [1.807, 2.05) is 19.1 Å². The van der Waals surface area contributed by atoms with E-state index in [-0.39, 0.29) is 5.91 Å². The number of hydrogen-bond acceptors (Lipinski definition) is 4. The van der Waals surface area contributed by atoms with Gasteiger partial charge in [-0.25, -0.2) is 4.68 Å². The number of aromatic nitrogens is 3. The van der Waals surface area contributed by atoms with Crippen LogP contribution < -0.4 is 4.90 Å². The lowest BCUT2D eigenvalue weighted by Crippen LogP contribution is -2.30. The Kier molecular flexibility index (Phi) is 7.12. The molecule has 0 saturated heterocycles. The Morgan fingerprint density at radius 3 is 2.71 bits per heavy atom. The predicted octanol–water partition coefficient (Wildman–Crippen LogP) is 4.91. The molecule has 0 radical (unpaired) electrons. The van der Waals surface area contributed by atoms with Crippen LogP contribution in [0.3, 0.4) is 0 Å². The zero-order chi connectivity index (χ0) is 19.9. The second-order valence-electron chi connectivity index (χ2n) is 6.39. The molecule has 1 aromatic carbocycles. The van der Waals surface area contributed by atoms with Crippen molar-refractivity contribution in [1.29, 1.82) is 0 Å². The van der Waals surface area contributed by atoms with E-state index < -0.39 is 0 Å². The van der Waals surface area contributed by atoms with Gasteiger partial charge in [0.15, 0.2) is 5.15 Å². The van der Waals surface area contributed by atoms with Gasteiger partial charge in [0.25, 0.3) is 0 Å². The van der Waals surface area contributed by atoms with Crippen molar-refractivity contribution in [3.05, 3.63) is 71.3 Å². The van der Waals surface area contributed by atoms with Gasteiger partial charge in [0, 0.05) is 30.7 Å². The number of carbonyl (C=O) groups is 1. The molecule has 0 spiro atoms. The molecule has 146 valence electrons. The van der Waals surface area contributed by atoms with E-state index in [2.05, 4.69) is 41.3 Å². The molecule has 7 heteroatoms. The minimum atomic E-state index is 0.0477. The minimum Gasteiger partial charge on any atom is -0.308 e. The molecule has 0 fully saturated rings. The maximum Gasteiger partial charge on any atom is 0.227 e. The molecule has 0 unspecified atom stereocenters. The van der Waals surface area contributed by atoms with Crippen molar-refractivity contribution in [2.24, 2.45) is 0 Å². The van der Waals surface area contributed by atoms with Gasteiger partial charge < -0.3 is 4.90 Å². The van der Waals surface area contributed by atoms with Gasteiger partial charge in [-0.15, -0.1) is 0 Å². The fourth-order valence-corrected chi connectivity index (χ4v) is 3.92. The molecule has 5 nitrogen and oxygen atoms in total. The number of nitrogens with zero attached hydrogens (tertiary/aromatic N) is 4. The number of pyridine rings is 1. The standard InChI is InChI=1S/C21H23ClN4OS/c1-3-25(19-14-26(24-21(19)22)18-5-4-11-23-13-18)20(27)10-12-28-15-17-8-6-16(2)7-9-17/h4-9,11,13-14H,3,10,12,15H2,1-2H3. The van der Waals surface area contributed by atoms with Crippen LogP contribution in [0.15, 0.2) is 55.0 Å². The summed E-state index contributed by atoms with van der Waals surface area (Å²) in [4.78, 5) is 18.5. The lowest BCUT2D eigenvalue weighted by atomic mass is 10.2. The Morgan fingerprint density at radius 2 is 2.04 bits per heavy atom. The first-order valence-corrected chi connectivity index (χ1v) is 10.7. The third-order valence-electron chi connectivity index (χ3n) is 4.32. The number of rotatable bonds is 8. The first kappa shape index (κ1) is 20.4. The van der Waals surface area contributed by atoms with E-state index in [9.17, 15) is 4.79 Å². The van der Waals surface area contributed by atoms with Crippen LogP contribution in [0.4, 0.5) is 5.69 Å². The summed E-state index contributed by atoms with van der Waals surface area (Å²) >= 11 is 8.08. The van der Waals surface area contributed by atoms with Crippen LogP contribution in [0.5, 0.6) is 0 Å². The molecular formula is C21H23ClN4OS. The summed E-state index contributed by atoms with van der Waals surface area (Å²) in [6, 6.07) is 12.2. The topological polar surface area (TPSA) is 51.0 Å². The Labute approximate surface area is 174 Å². The fraction of sp³-hybridized carbons (Fsp3) is 0.286. The quantitative estimate of drug-likeness (QED) is 0.491. The van der Waals surface area contributed by atoms with E-state index in [0.717, 1.165) is 17.2 Å². The van der Waals surface area contributed by atoms with Gasteiger partial charge in [-0.1, -0.05) is 41.4 Å². The van der Waals surface area contributed by atoms with Gasteiger partial charge in [-0.3, -0.25) is 9.78 Å². The molecule has 1 amide bonds. The lowest BCUT2D eigenvalue weighted by molar-refractivity contribution is -0.118. The lowest BCUT2D eigenvalue weighted by Gasteiger charge is -2.19. The molecular weight excluding hydrogens is 392 g/mol. The summed E-state index contributed by atoms with van der Waals surface area (Å²) in [5.41, 5.74) is 3.96. The number of benzene rings is 1. The van der Waals surface area contributed by atoms with Gasteiger partial charge in [-0.05, 0) is 31.5 Å². The molecule has 28 heavy (non-hydrogen) atoms. The molecule has 0 aliphatic rings. The third kappa shape index (κ3) is 5.14. The number of anilines is 1. The summed E-state index contributed by atoms with van der Waals surface area (Å²) in [5.74, 6) is 1.71. The van der Waals surface area contributed by atoms with Gasteiger partial charge in [0.2, 0.25) is 5.91 Å². The van der Waals surface area contributed by atoms with Crippen LogP contribution in [0.25, 0.3) is 5.69 Å². The fourth-order valence-electron chi connectivity index (χ4n) is 2.80. The number of hydrogen-bond donors (Lipinski definition) is 0. The van der Waals surface area contributed by atoms with Crippen LogP contribution in [0, 0.1) is 6.92 Å². The molecule has 0 aliphatic carbocycles. The first-order chi connectivity index (χ1) is 13.6. The number of amides is 1. The van der Waals surface area contributed by atoms with Crippen LogP contribution in [0.1, 0.15) is 24.5 Å². The van der Waals surface area contributed by atoms with Crippen LogP contribution in [0.2, 0.25) is 5.15 Å². The average Bonchev–Trinajstić information content (AvgIpc) is 3.09. The Morgan fingerprint density at radius 1 is 1.25 bits per heavy atom. The molecule has 2 aromatic heterocycles. The zero-order valence-corrected chi connectivity index (χ0v) is 17.6. The Bertz CT molecular complexity index is 912. The summed E-state index contributed by atoms with van der Waals surface area (Å²) < 4.78 is 1.65. The summed E-state index contributed by atoms with van der Waals surface area (Å²) in [7, 11) is 0. The van der Waals surface area contributed by atoms with Crippen molar-refractivity contribution < 1.29 is 4.79 Å². The number of thioether (sulfide) groups is 1. The van der Waals surface area contributed by atoms with E-state index >= 15 is 0 Å². The molecule has 3 rings (SSSR count). The van der Waals surface area contributed by atoms with E-state index in [4.69, 9.17) is 11.6 Å². The zero-order valence-electron chi connectivity index (χ0n) is 16.0. The maximum atomic E-state index is 12.7. The summed E-state index contributed by atoms with van der Waals surface area (Å²) in [6.45, 7) is 4.56. The van der Waals surface area contributed by atoms with Gasteiger partial charge in [0.1, 0.15) is 5.69 Å². The molecule has 0 bridgehead atoms. The first-order valence-electron chi connectivity index (χ1n) is 9.17. The molecule has 3 aromatic rings. The number of halogens is 1. The van der Waals surface area contributed by atoms with Gasteiger partial charge >= 0.3 is 0 Å².